The lowest BCUT2D eigenvalue weighted by Gasteiger charge is -2.41. The van der Waals surface area contributed by atoms with E-state index < -0.39 is 55.6 Å². The number of aliphatic hydroxyl groups is 5. The zero-order valence-corrected chi connectivity index (χ0v) is 30.2. The van der Waals surface area contributed by atoms with Crippen molar-refractivity contribution in [3.63, 3.8) is 0 Å². The number of rotatable bonds is 32. The summed E-state index contributed by atoms with van der Waals surface area (Å²) in [4.78, 5) is 13.4. The maximum atomic E-state index is 13.4. The van der Waals surface area contributed by atoms with E-state index in [1.807, 2.05) is 0 Å². The van der Waals surface area contributed by atoms with Crippen LogP contribution in [0.5, 0.6) is 0 Å². The average molecular weight is 674 g/mol. The van der Waals surface area contributed by atoms with E-state index in [9.17, 15) is 30.3 Å². The molecule has 1 saturated heterocycles. The highest BCUT2D eigenvalue weighted by Crippen LogP contribution is 2.27. The number of ketones is 1. The summed E-state index contributed by atoms with van der Waals surface area (Å²) >= 11 is 0. The van der Waals surface area contributed by atoms with E-state index in [-0.39, 0.29) is 12.2 Å². The van der Waals surface area contributed by atoms with Gasteiger partial charge in [-0.2, -0.15) is 0 Å². The van der Waals surface area contributed by atoms with Crippen molar-refractivity contribution in [2.24, 2.45) is 11.7 Å². The van der Waals surface area contributed by atoms with Gasteiger partial charge in [-0.05, 0) is 12.8 Å². The topological polar surface area (TPSA) is 163 Å². The number of aliphatic hydroxyl groups excluding tert-OH is 5. The van der Waals surface area contributed by atoms with Gasteiger partial charge in [0, 0.05) is 6.42 Å². The second kappa shape index (κ2) is 29.1. The minimum atomic E-state index is -1.63. The molecule has 0 aromatic rings. The van der Waals surface area contributed by atoms with E-state index in [0.29, 0.717) is 12.8 Å². The molecule has 1 aliphatic rings. The molecule has 0 aromatic carbocycles. The fraction of sp³-hybridized carbons (Fsp3) is 0.974. The molecule has 0 aromatic heterocycles. The fourth-order valence-corrected chi connectivity index (χ4v) is 6.72. The third kappa shape index (κ3) is 20.0. The average Bonchev–Trinajstić information content (AvgIpc) is 3.06. The van der Waals surface area contributed by atoms with Crippen LogP contribution in [0.2, 0.25) is 0 Å². The van der Waals surface area contributed by atoms with Gasteiger partial charge >= 0.3 is 0 Å². The number of Topliss-reactive ketones (excluding diaryl/α,β-unsaturated/α-hetero) is 1. The Morgan fingerprint density at radius 2 is 1.04 bits per heavy atom. The van der Waals surface area contributed by atoms with Crippen LogP contribution in [0, 0.1) is 5.92 Å². The van der Waals surface area contributed by atoms with Gasteiger partial charge in [0.2, 0.25) is 0 Å². The Morgan fingerprint density at radius 3 is 1.47 bits per heavy atom. The lowest BCUT2D eigenvalue weighted by molar-refractivity contribution is -0.315. The normalized spacial score (nSPS) is 23.5. The summed E-state index contributed by atoms with van der Waals surface area (Å²) in [5.74, 6) is -1.19. The SMILES string of the molecule is CCCCCCCCCCCCCCC[C@@H](O)[C@H](C(=O)CCCCCCCCCCCCC)C(N)O[C@H]1O[C@H](CO)[C@H](O)[C@H](O)[C@H]1O. The molecule has 8 atom stereocenters. The standard InChI is InChI=1S/C38H75NO8/c1-3-5-7-9-11-13-15-16-18-20-22-24-26-28-31(42)33(30(41)27-25-23-21-19-17-14-12-10-8-6-4-2)37(39)47-38-36(45)35(44)34(43)32(29-40)46-38/h31-38,40,42-45H,3-29,39H2,1-2H3/t31-,32-,33+,34+,35+,36-,37?,38-/m1/s1. The number of carbonyl (C=O) groups is 1. The van der Waals surface area contributed by atoms with Crippen LogP contribution in [0.3, 0.4) is 0 Å². The molecule has 7 N–H and O–H groups in total. The second-order valence-corrected chi connectivity index (χ2v) is 14.2. The molecule has 1 unspecified atom stereocenters. The Kier molecular flexibility index (Phi) is 27.5. The number of carbonyl (C=O) groups excluding carboxylic acids is 1. The molecule has 1 heterocycles. The second-order valence-electron chi connectivity index (χ2n) is 14.2. The van der Waals surface area contributed by atoms with Crippen LogP contribution in [-0.4, -0.2) is 81.0 Å². The van der Waals surface area contributed by atoms with Gasteiger partial charge in [-0.25, -0.2) is 0 Å². The van der Waals surface area contributed by atoms with E-state index in [1.54, 1.807) is 0 Å². The Bertz CT molecular complexity index is 726. The highest BCUT2D eigenvalue weighted by molar-refractivity contribution is 5.82. The zero-order valence-electron chi connectivity index (χ0n) is 30.2. The summed E-state index contributed by atoms with van der Waals surface area (Å²) in [5, 5.41) is 51.4. The molecule has 1 rings (SSSR count). The van der Waals surface area contributed by atoms with E-state index >= 15 is 0 Å². The van der Waals surface area contributed by atoms with Crippen molar-refractivity contribution in [3.05, 3.63) is 0 Å². The van der Waals surface area contributed by atoms with E-state index in [1.165, 1.54) is 109 Å². The molecule has 9 heteroatoms. The molecule has 47 heavy (non-hydrogen) atoms. The third-order valence-corrected chi connectivity index (χ3v) is 9.91. The monoisotopic (exact) mass is 674 g/mol. The van der Waals surface area contributed by atoms with Crippen LogP contribution in [-0.2, 0) is 14.3 Å². The van der Waals surface area contributed by atoms with Crippen LogP contribution in [0.15, 0.2) is 0 Å². The lowest BCUT2D eigenvalue weighted by atomic mass is 9.88. The molecular weight excluding hydrogens is 598 g/mol. The van der Waals surface area contributed by atoms with Crippen molar-refractivity contribution in [1.29, 1.82) is 0 Å². The predicted octanol–water partition coefficient (Wildman–Crippen LogP) is 6.82. The number of nitrogens with two attached hydrogens (primary N) is 1. The Morgan fingerprint density at radius 1 is 0.638 bits per heavy atom. The molecule has 1 fully saturated rings. The summed E-state index contributed by atoms with van der Waals surface area (Å²) in [6.07, 6.45) is 19.8. The molecular formula is C38H75NO8. The molecule has 0 amide bonds. The number of unbranched alkanes of at least 4 members (excludes halogenated alkanes) is 22. The first-order valence-corrected chi connectivity index (χ1v) is 19.7. The Balaban J connectivity index is 2.51. The maximum absolute atomic E-state index is 13.4. The first kappa shape index (κ1) is 44.4. The number of hydrogen-bond acceptors (Lipinski definition) is 9. The molecule has 0 saturated carbocycles. The summed E-state index contributed by atoms with van der Waals surface area (Å²) < 4.78 is 11.2. The van der Waals surface area contributed by atoms with Crippen LogP contribution < -0.4 is 5.73 Å². The van der Waals surface area contributed by atoms with Gasteiger partial charge in [0.1, 0.15) is 36.4 Å². The molecule has 280 valence electrons. The van der Waals surface area contributed by atoms with Gasteiger partial charge in [-0.15, -0.1) is 0 Å². The van der Waals surface area contributed by atoms with Crippen LogP contribution >= 0.6 is 0 Å². The van der Waals surface area contributed by atoms with E-state index in [0.717, 1.165) is 38.5 Å². The van der Waals surface area contributed by atoms with Crippen molar-refractivity contribution in [3.8, 4) is 0 Å². The quantitative estimate of drug-likeness (QED) is 0.0332. The van der Waals surface area contributed by atoms with E-state index in [4.69, 9.17) is 15.2 Å². The lowest BCUT2D eigenvalue weighted by Crippen LogP contribution is -2.61. The van der Waals surface area contributed by atoms with Crippen LogP contribution in [0.1, 0.15) is 181 Å². The van der Waals surface area contributed by atoms with Crippen LogP contribution in [0.4, 0.5) is 0 Å². The molecule has 0 aliphatic carbocycles. The molecule has 0 bridgehead atoms. The zero-order chi connectivity index (χ0) is 34.7. The van der Waals surface area contributed by atoms with Crippen molar-refractivity contribution in [1.82, 2.24) is 0 Å². The molecule has 0 spiro atoms. The van der Waals surface area contributed by atoms with Gasteiger partial charge in [0.15, 0.2) is 6.29 Å². The number of hydrogen-bond donors (Lipinski definition) is 6. The molecule has 0 radical (unpaired) electrons. The first-order chi connectivity index (χ1) is 22.8. The van der Waals surface area contributed by atoms with Crippen molar-refractivity contribution >= 4 is 5.78 Å². The van der Waals surface area contributed by atoms with Crippen LogP contribution in [0.25, 0.3) is 0 Å². The molecule has 1 aliphatic heterocycles. The number of ether oxygens (including phenoxy) is 2. The van der Waals surface area contributed by atoms with E-state index in [2.05, 4.69) is 13.8 Å². The van der Waals surface area contributed by atoms with Crippen molar-refractivity contribution < 1.29 is 39.8 Å². The Hall–Kier alpha value is -0.650. The highest BCUT2D eigenvalue weighted by Gasteiger charge is 2.46. The van der Waals surface area contributed by atoms with Crippen molar-refractivity contribution in [2.45, 2.75) is 224 Å². The highest BCUT2D eigenvalue weighted by atomic mass is 16.7. The maximum Gasteiger partial charge on any atom is 0.188 e. The van der Waals surface area contributed by atoms with Gasteiger partial charge in [0.25, 0.3) is 0 Å². The van der Waals surface area contributed by atoms with Crippen molar-refractivity contribution in [2.75, 3.05) is 6.61 Å². The summed E-state index contributed by atoms with van der Waals surface area (Å²) in [5.41, 5.74) is 6.35. The summed E-state index contributed by atoms with van der Waals surface area (Å²) in [6.45, 7) is 3.88. The Labute approximate surface area is 287 Å². The fourth-order valence-electron chi connectivity index (χ4n) is 6.72. The minimum Gasteiger partial charge on any atom is -0.394 e. The first-order valence-electron chi connectivity index (χ1n) is 19.7. The van der Waals surface area contributed by atoms with Gasteiger partial charge in [0.05, 0.1) is 18.6 Å². The smallest absolute Gasteiger partial charge is 0.188 e. The summed E-state index contributed by atoms with van der Waals surface area (Å²) in [7, 11) is 0. The molecule has 9 nitrogen and oxygen atoms in total. The van der Waals surface area contributed by atoms with Gasteiger partial charge in [-0.1, -0.05) is 162 Å². The summed E-state index contributed by atoms with van der Waals surface area (Å²) in [6, 6.07) is 0. The minimum absolute atomic E-state index is 0.180. The van der Waals surface area contributed by atoms with Gasteiger partial charge in [-0.3, -0.25) is 4.79 Å². The third-order valence-electron chi connectivity index (χ3n) is 9.91. The predicted molar refractivity (Wildman–Crippen MR) is 189 cm³/mol. The van der Waals surface area contributed by atoms with Gasteiger partial charge < -0.3 is 40.7 Å². The largest absolute Gasteiger partial charge is 0.394 e.